The van der Waals surface area contributed by atoms with Crippen LogP contribution in [0.15, 0.2) is 6.33 Å². The Balaban J connectivity index is 1.93. The number of hydrogen-bond donors (Lipinski definition) is 2. The van der Waals surface area contributed by atoms with Gasteiger partial charge >= 0.3 is 0 Å². The Labute approximate surface area is 115 Å². The zero-order valence-corrected chi connectivity index (χ0v) is 12.1. The molecular formula is C14H26N4O. The van der Waals surface area contributed by atoms with Crippen LogP contribution in [0.1, 0.15) is 51.8 Å². The maximum atomic E-state index is 10.6. The zero-order valence-electron chi connectivity index (χ0n) is 12.1. The Morgan fingerprint density at radius 2 is 2.37 bits per heavy atom. The van der Waals surface area contributed by atoms with E-state index in [4.69, 9.17) is 0 Å². The first-order valence-corrected chi connectivity index (χ1v) is 7.43. The highest BCUT2D eigenvalue weighted by atomic mass is 16.3. The van der Waals surface area contributed by atoms with Crippen molar-refractivity contribution in [3.63, 3.8) is 0 Å². The van der Waals surface area contributed by atoms with Crippen LogP contribution in [0.25, 0.3) is 0 Å². The molecule has 2 unspecified atom stereocenters. The predicted molar refractivity (Wildman–Crippen MR) is 74.9 cm³/mol. The van der Waals surface area contributed by atoms with Gasteiger partial charge in [0.25, 0.3) is 0 Å². The first-order valence-electron chi connectivity index (χ1n) is 7.43. The Morgan fingerprint density at radius 1 is 1.53 bits per heavy atom. The summed E-state index contributed by atoms with van der Waals surface area (Å²) < 4.78 is 1.91. The fourth-order valence-corrected chi connectivity index (χ4v) is 2.87. The molecule has 2 rings (SSSR count). The minimum Gasteiger partial charge on any atom is -0.390 e. The molecule has 0 saturated carbocycles. The van der Waals surface area contributed by atoms with Gasteiger partial charge in [-0.3, -0.25) is 4.68 Å². The summed E-state index contributed by atoms with van der Waals surface area (Å²) in [6.07, 6.45) is 7.65. The van der Waals surface area contributed by atoms with Crippen LogP contribution in [-0.4, -0.2) is 38.1 Å². The average molecular weight is 266 g/mol. The molecule has 5 heteroatoms. The lowest BCUT2D eigenvalue weighted by atomic mass is 9.89. The molecule has 2 N–H and O–H groups in total. The second-order valence-corrected chi connectivity index (χ2v) is 5.92. The summed E-state index contributed by atoms with van der Waals surface area (Å²) in [6.45, 7) is 5.98. The molecule has 0 radical (unpaired) electrons. The average Bonchev–Trinajstić information content (AvgIpc) is 2.77. The lowest BCUT2D eigenvalue weighted by Crippen LogP contribution is -2.42. The number of piperidine rings is 1. The van der Waals surface area contributed by atoms with Crippen molar-refractivity contribution >= 4 is 0 Å². The van der Waals surface area contributed by atoms with E-state index in [9.17, 15) is 5.11 Å². The molecule has 0 bridgehead atoms. The smallest absolute Gasteiger partial charge is 0.138 e. The Bertz CT molecular complexity index is 383. The van der Waals surface area contributed by atoms with Gasteiger partial charge in [-0.25, -0.2) is 4.98 Å². The Hall–Kier alpha value is -0.940. The zero-order chi connectivity index (χ0) is 13.7. The van der Waals surface area contributed by atoms with Crippen LogP contribution in [0.5, 0.6) is 0 Å². The van der Waals surface area contributed by atoms with E-state index >= 15 is 0 Å². The van der Waals surface area contributed by atoms with Gasteiger partial charge in [-0.05, 0) is 39.2 Å². The van der Waals surface area contributed by atoms with Crippen molar-refractivity contribution in [3.8, 4) is 0 Å². The Kier molecular flexibility index (Phi) is 4.93. The molecule has 0 aliphatic carbocycles. The van der Waals surface area contributed by atoms with Crippen LogP contribution in [0.2, 0.25) is 0 Å². The van der Waals surface area contributed by atoms with Gasteiger partial charge in [0, 0.05) is 19.0 Å². The van der Waals surface area contributed by atoms with Crippen molar-refractivity contribution in [2.45, 2.75) is 70.6 Å². The molecule has 2 atom stereocenters. The lowest BCUT2D eigenvalue weighted by molar-refractivity contribution is 0.0342. The maximum Gasteiger partial charge on any atom is 0.138 e. The van der Waals surface area contributed by atoms with E-state index in [1.165, 1.54) is 12.8 Å². The highest BCUT2D eigenvalue weighted by Gasteiger charge is 2.28. The van der Waals surface area contributed by atoms with Gasteiger partial charge in [-0.2, -0.15) is 5.10 Å². The Morgan fingerprint density at radius 3 is 3.05 bits per heavy atom. The van der Waals surface area contributed by atoms with Gasteiger partial charge in [-0.1, -0.05) is 13.3 Å². The third kappa shape index (κ3) is 4.28. The topological polar surface area (TPSA) is 63.0 Å². The minimum absolute atomic E-state index is 0.436. The van der Waals surface area contributed by atoms with Crippen molar-refractivity contribution < 1.29 is 5.11 Å². The van der Waals surface area contributed by atoms with Crippen LogP contribution >= 0.6 is 0 Å². The predicted octanol–water partition coefficient (Wildman–Crippen LogP) is 1.51. The number of aromatic nitrogens is 3. The van der Waals surface area contributed by atoms with E-state index in [0.29, 0.717) is 12.5 Å². The molecule has 0 amide bonds. The summed E-state index contributed by atoms with van der Waals surface area (Å²) in [5, 5.41) is 18.3. The van der Waals surface area contributed by atoms with Crippen LogP contribution in [-0.2, 0) is 13.0 Å². The SMILES string of the molecule is CCCn1ncnc1CC(C)(O)CC1CCCCN1. The summed E-state index contributed by atoms with van der Waals surface area (Å²) in [5.41, 5.74) is -0.715. The molecule has 2 heterocycles. The lowest BCUT2D eigenvalue weighted by Gasteiger charge is -2.31. The van der Waals surface area contributed by atoms with E-state index in [1.807, 2.05) is 11.6 Å². The molecule has 5 nitrogen and oxygen atoms in total. The van der Waals surface area contributed by atoms with Gasteiger partial charge in [0.2, 0.25) is 0 Å². The second-order valence-electron chi connectivity index (χ2n) is 5.92. The molecule has 19 heavy (non-hydrogen) atoms. The van der Waals surface area contributed by atoms with Gasteiger partial charge in [0.1, 0.15) is 12.2 Å². The first kappa shape index (κ1) is 14.5. The van der Waals surface area contributed by atoms with E-state index < -0.39 is 5.60 Å². The number of nitrogens with one attached hydrogen (secondary N) is 1. The standard InChI is InChI=1S/C14H26N4O/c1-3-8-18-13(16-11-17-18)10-14(2,19)9-12-6-4-5-7-15-12/h11-12,15,19H,3-10H2,1-2H3. The molecule has 1 saturated heterocycles. The van der Waals surface area contributed by atoms with Crippen LogP contribution in [0.3, 0.4) is 0 Å². The quantitative estimate of drug-likeness (QED) is 0.819. The van der Waals surface area contributed by atoms with E-state index in [1.54, 1.807) is 6.33 Å². The molecule has 1 aromatic rings. The summed E-state index contributed by atoms with van der Waals surface area (Å²) in [5.74, 6) is 0.891. The number of rotatable bonds is 6. The molecule has 1 fully saturated rings. The van der Waals surface area contributed by atoms with Gasteiger partial charge in [-0.15, -0.1) is 0 Å². The minimum atomic E-state index is -0.715. The maximum absolute atomic E-state index is 10.6. The number of hydrogen-bond acceptors (Lipinski definition) is 4. The van der Waals surface area contributed by atoms with E-state index in [-0.39, 0.29) is 0 Å². The fraction of sp³-hybridized carbons (Fsp3) is 0.857. The molecule has 1 aromatic heterocycles. The van der Waals surface area contributed by atoms with Crippen LogP contribution in [0, 0.1) is 0 Å². The monoisotopic (exact) mass is 266 g/mol. The third-order valence-corrected chi connectivity index (χ3v) is 3.77. The molecule has 1 aliphatic rings. The second kappa shape index (κ2) is 6.48. The molecule has 108 valence electrons. The van der Waals surface area contributed by atoms with Crippen molar-refractivity contribution in [2.24, 2.45) is 0 Å². The van der Waals surface area contributed by atoms with Crippen LogP contribution in [0.4, 0.5) is 0 Å². The summed E-state index contributed by atoms with van der Waals surface area (Å²) in [6, 6.07) is 0.436. The van der Waals surface area contributed by atoms with Crippen LogP contribution < -0.4 is 5.32 Å². The number of aliphatic hydroxyl groups is 1. The molecule has 1 aliphatic heterocycles. The third-order valence-electron chi connectivity index (χ3n) is 3.77. The molecule has 0 aromatic carbocycles. The molecular weight excluding hydrogens is 240 g/mol. The summed E-state index contributed by atoms with van der Waals surface area (Å²) >= 11 is 0. The number of aryl methyl sites for hydroxylation is 1. The first-order chi connectivity index (χ1) is 9.11. The van der Waals surface area contributed by atoms with Crippen molar-refractivity contribution in [1.29, 1.82) is 0 Å². The summed E-state index contributed by atoms with van der Waals surface area (Å²) in [7, 11) is 0. The fourth-order valence-electron chi connectivity index (χ4n) is 2.87. The normalized spacial score (nSPS) is 23.2. The highest BCUT2D eigenvalue weighted by molar-refractivity contribution is 4.95. The van der Waals surface area contributed by atoms with Gasteiger partial charge in [0.15, 0.2) is 0 Å². The van der Waals surface area contributed by atoms with Gasteiger partial charge < -0.3 is 10.4 Å². The van der Waals surface area contributed by atoms with E-state index in [2.05, 4.69) is 22.3 Å². The van der Waals surface area contributed by atoms with E-state index in [0.717, 1.165) is 38.2 Å². The number of nitrogens with zero attached hydrogens (tertiary/aromatic N) is 3. The van der Waals surface area contributed by atoms with Gasteiger partial charge in [0.05, 0.1) is 5.60 Å². The summed E-state index contributed by atoms with van der Waals surface area (Å²) in [4.78, 5) is 4.28. The van der Waals surface area contributed by atoms with Crippen molar-refractivity contribution in [2.75, 3.05) is 6.54 Å². The van der Waals surface area contributed by atoms with Crippen molar-refractivity contribution in [3.05, 3.63) is 12.2 Å². The largest absolute Gasteiger partial charge is 0.390 e. The van der Waals surface area contributed by atoms with Crippen molar-refractivity contribution in [1.82, 2.24) is 20.1 Å². The highest BCUT2D eigenvalue weighted by Crippen LogP contribution is 2.21. The molecule has 0 spiro atoms.